The summed E-state index contributed by atoms with van der Waals surface area (Å²) < 4.78 is 1.35. The lowest BCUT2D eigenvalue weighted by atomic mass is 10.1. The summed E-state index contributed by atoms with van der Waals surface area (Å²) in [5.41, 5.74) is 2.78. The predicted molar refractivity (Wildman–Crippen MR) is 95.7 cm³/mol. The number of nitrogens with one attached hydrogen (secondary N) is 1. The minimum absolute atomic E-state index is 0.0615. The van der Waals surface area contributed by atoms with Gasteiger partial charge in [-0.05, 0) is 24.0 Å². The monoisotopic (exact) mass is 344 g/mol. The molecule has 0 saturated carbocycles. The van der Waals surface area contributed by atoms with E-state index in [0.717, 1.165) is 37.1 Å². The predicted octanol–water partition coefficient (Wildman–Crippen LogP) is 2.25. The summed E-state index contributed by atoms with van der Waals surface area (Å²) in [6.07, 6.45) is 2.60. The van der Waals surface area contributed by atoms with Crippen LogP contribution in [0.1, 0.15) is 30.2 Å². The van der Waals surface area contributed by atoms with Crippen LogP contribution in [0.15, 0.2) is 35.1 Å². The molecule has 0 aliphatic heterocycles. The van der Waals surface area contributed by atoms with Crippen molar-refractivity contribution in [1.29, 1.82) is 0 Å². The maximum atomic E-state index is 12.1. The second kappa shape index (κ2) is 7.55. The lowest BCUT2D eigenvalue weighted by Gasteiger charge is -2.03. The van der Waals surface area contributed by atoms with E-state index in [2.05, 4.69) is 22.3 Å². The molecule has 0 aliphatic carbocycles. The fourth-order valence-corrected chi connectivity index (χ4v) is 3.29. The number of fused-ring (bicyclic) bond motifs is 1. The third-order valence-corrected chi connectivity index (χ3v) is 4.57. The van der Waals surface area contributed by atoms with Crippen molar-refractivity contribution >= 4 is 21.4 Å². The molecule has 0 unspecified atom stereocenters. The summed E-state index contributed by atoms with van der Waals surface area (Å²) in [6.45, 7) is 2.84. The Morgan fingerprint density at radius 3 is 2.67 bits per heavy atom. The van der Waals surface area contributed by atoms with Crippen molar-refractivity contribution in [3.8, 4) is 0 Å². The Bertz CT molecular complexity index is 870. The summed E-state index contributed by atoms with van der Waals surface area (Å²) >= 11 is 1.39. The highest BCUT2D eigenvalue weighted by Crippen LogP contribution is 2.17. The van der Waals surface area contributed by atoms with Crippen LogP contribution in [0.4, 0.5) is 5.13 Å². The third-order valence-electron chi connectivity index (χ3n) is 3.70. The normalized spacial score (nSPS) is 11.1. The highest BCUT2D eigenvalue weighted by Gasteiger charge is 2.08. The lowest BCUT2D eigenvalue weighted by Crippen LogP contribution is -2.15. The van der Waals surface area contributed by atoms with Crippen molar-refractivity contribution < 1.29 is 5.11 Å². The van der Waals surface area contributed by atoms with Gasteiger partial charge in [-0.25, -0.2) is 4.98 Å². The molecule has 0 amide bonds. The quantitative estimate of drug-likeness (QED) is 0.687. The van der Waals surface area contributed by atoms with Gasteiger partial charge in [0, 0.05) is 18.3 Å². The number of aliphatic hydroxyl groups is 1. The van der Waals surface area contributed by atoms with Gasteiger partial charge in [-0.15, -0.1) is 5.10 Å². The van der Waals surface area contributed by atoms with E-state index in [0.29, 0.717) is 10.1 Å². The molecule has 3 aromatic rings. The first kappa shape index (κ1) is 16.6. The Morgan fingerprint density at radius 1 is 1.21 bits per heavy atom. The van der Waals surface area contributed by atoms with Gasteiger partial charge in [0.1, 0.15) is 0 Å². The zero-order valence-corrected chi connectivity index (χ0v) is 14.3. The van der Waals surface area contributed by atoms with Crippen LogP contribution >= 0.6 is 11.3 Å². The highest BCUT2D eigenvalue weighted by atomic mass is 32.1. The number of nitrogens with zero attached hydrogens (tertiary/aromatic N) is 3. The largest absolute Gasteiger partial charge is 0.392 e. The van der Waals surface area contributed by atoms with Gasteiger partial charge in [0.05, 0.1) is 6.61 Å². The molecule has 0 bridgehead atoms. The maximum Gasteiger partial charge on any atom is 0.275 e. The van der Waals surface area contributed by atoms with Crippen molar-refractivity contribution in [3.05, 3.63) is 57.5 Å². The zero-order chi connectivity index (χ0) is 16.9. The molecule has 3 rings (SSSR count). The van der Waals surface area contributed by atoms with E-state index in [1.54, 1.807) is 6.07 Å². The number of hydrogen-bond donors (Lipinski definition) is 2. The van der Waals surface area contributed by atoms with E-state index in [9.17, 15) is 4.79 Å². The lowest BCUT2D eigenvalue weighted by molar-refractivity contribution is 0.282. The molecule has 1 aromatic carbocycles. The van der Waals surface area contributed by atoms with Crippen LogP contribution in [0.5, 0.6) is 0 Å². The van der Waals surface area contributed by atoms with Crippen molar-refractivity contribution in [2.75, 3.05) is 11.9 Å². The number of aromatic nitrogens is 3. The van der Waals surface area contributed by atoms with Crippen molar-refractivity contribution in [2.45, 2.75) is 32.8 Å². The summed E-state index contributed by atoms with van der Waals surface area (Å²) in [6, 6.07) is 9.42. The van der Waals surface area contributed by atoms with Crippen LogP contribution in [0.25, 0.3) is 4.96 Å². The third kappa shape index (κ3) is 3.80. The number of aryl methyl sites for hydroxylation is 1. The van der Waals surface area contributed by atoms with E-state index in [4.69, 9.17) is 5.11 Å². The van der Waals surface area contributed by atoms with Gasteiger partial charge in [0.2, 0.25) is 10.1 Å². The van der Waals surface area contributed by atoms with E-state index in [1.165, 1.54) is 21.4 Å². The smallest absolute Gasteiger partial charge is 0.275 e. The molecule has 2 N–H and O–H groups in total. The summed E-state index contributed by atoms with van der Waals surface area (Å²) in [7, 11) is 0. The molecule has 0 spiro atoms. The minimum Gasteiger partial charge on any atom is -0.392 e. The van der Waals surface area contributed by atoms with Crippen molar-refractivity contribution in [3.63, 3.8) is 0 Å². The molecule has 24 heavy (non-hydrogen) atoms. The molecule has 0 radical (unpaired) electrons. The van der Waals surface area contributed by atoms with Crippen LogP contribution < -0.4 is 10.9 Å². The molecule has 2 aromatic heterocycles. The van der Waals surface area contributed by atoms with Gasteiger partial charge >= 0.3 is 0 Å². The van der Waals surface area contributed by atoms with Crippen LogP contribution in [-0.2, 0) is 19.4 Å². The summed E-state index contributed by atoms with van der Waals surface area (Å²) in [4.78, 5) is 17.2. The van der Waals surface area contributed by atoms with E-state index < -0.39 is 0 Å². The Hall–Kier alpha value is -2.25. The minimum atomic E-state index is -0.132. The molecular weight excluding hydrogens is 324 g/mol. The second-order valence-corrected chi connectivity index (χ2v) is 6.54. The first-order valence-electron chi connectivity index (χ1n) is 8.02. The van der Waals surface area contributed by atoms with Crippen LogP contribution in [0, 0.1) is 0 Å². The average molecular weight is 344 g/mol. The Kier molecular flexibility index (Phi) is 5.22. The maximum absolute atomic E-state index is 12.1. The average Bonchev–Trinajstić information content (AvgIpc) is 2.99. The second-order valence-electron chi connectivity index (χ2n) is 5.59. The molecule has 0 aliphatic rings. The topological polar surface area (TPSA) is 79.5 Å². The molecule has 2 heterocycles. The molecule has 0 fully saturated rings. The van der Waals surface area contributed by atoms with Gasteiger partial charge < -0.3 is 10.4 Å². The molecule has 126 valence electrons. The molecular formula is C17H20N4O2S. The molecule has 0 saturated heterocycles. The van der Waals surface area contributed by atoms with E-state index >= 15 is 0 Å². The fourth-order valence-electron chi connectivity index (χ4n) is 2.44. The standard InChI is InChI=1S/C17H20N4O2S/c1-2-3-14-10-15(23)21-17(19-14)24-16(20-21)18-9-8-12-4-6-13(11-22)7-5-12/h4-7,10,22H,2-3,8-9,11H2,1H3,(H,18,20). The zero-order valence-electron chi connectivity index (χ0n) is 13.5. The van der Waals surface area contributed by atoms with Gasteiger partial charge in [-0.2, -0.15) is 4.52 Å². The number of rotatable bonds is 7. The first-order chi connectivity index (χ1) is 11.7. The van der Waals surface area contributed by atoms with Crippen LogP contribution in [0.3, 0.4) is 0 Å². The van der Waals surface area contributed by atoms with Gasteiger partial charge in [-0.3, -0.25) is 4.79 Å². The Balaban J connectivity index is 1.66. The number of aliphatic hydroxyl groups excluding tert-OH is 1. The Labute approximate surface area is 143 Å². The van der Waals surface area contributed by atoms with Gasteiger partial charge in [0.25, 0.3) is 5.56 Å². The number of anilines is 1. The number of hydrogen-bond acceptors (Lipinski definition) is 6. The van der Waals surface area contributed by atoms with Gasteiger partial charge in [-0.1, -0.05) is 48.9 Å². The fraction of sp³-hybridized carbons (Fsp3) is 0.353. The van der Waals surface area contributed by atoms with Crippen molar-refractivity contribution in [1.82, 2.24) is 14.6 Å². The van der Waals surface area contributed by atoms with Crippen LogP contribution in [-0.4, -0.2) is 26.2 Å². The molecule has 6 nitrogen and oxygen atoms in total. The van der Waals surface area contributed by atoms with Crippen LogP contribution in [0.2, 0.25) is 0 Å². The van der Waals surface area contributed by atoms with E-state index in [-0.39, 0.29) is 12.2 Å². The first-order valence-corrected chi connectivity index (χ1v) is 8.83. The Morgan fingerprint density at radius 2 is 1.96 bits per heavy atom. The number of benzene rings is 1. The van der Waals surface area contributed by atoms with E-state index in [1.807, 2.05) is 24.3 Å². The molecule has 7 heteroatoms. The molecule has 0 atom stereocenters. The summed E-state index contributed by atoms with van der Waals surface area (Å²) in [5, 5.41) is 17.3. The summed E-state index contributed by atoms with van der Waals surface area (Å²) in [5.74, 6) is 0. The highest BCUT2D eigenvalue weighted by molar-refractivity contribution is 7.20. The van der Waals surface area contributed by atoms with Gasteiger partial charge in [0.15, 0.2) is 0 Å². The SMILES string of the molecule is CCCc1cc(=O)n2nc(NCCc3ccc(CO)cc3)sc2n1. The van der Waals surface area contributed by atoms with Crippen molar-refractivity contribution in [2.24, 2.45) is 0 Å².